The van der Waals surface area contributed by atoms with Crippen molar-refractivity contribution in [1.29, 1.82) is 0 Å². The molecular formula is C32H33F2N5S. The molecule has 206 valence electrons. The molecule has 5 aromatic rings. The van der Waals surface area contributed by atoms with E-state index in [9.17, 15) is 4.39 Å². The SMILES string of the molecule is CC(C)(C)c1cc(-c2nnc(Nc3cc4nc(-c5ccc(F)cc5)n(C5CC5)c4cc3F)s2)cc(C(C)(C)C)c1. The number of hydrogen-bond donors (Lipinski definition) is 1. The molecule has 0 amide bonds. The van der Waals surface area contributed by atoms with Gasteiger partial charge in [0.15, 0.2) is 0 Å². The standard InChI is InChI=1S/C32H33F2N5S/c1-31(2,3)20-13-19(14-21(15-20)32(4,5)6)29-37-38-30(40-29)36-25-17-26-27(16-24(25)34)39(23-11-12-23)28(35-26)18-7-9-22(33)10-8-18/h7-10,13-17,23H,11-12H2,1-6H3,(H,36,38). The van der Waals surface area contributed by atoms with Crippen molar-refractivity contribution in [1.82, 2.24) is 19.7 Å². The van der Waals surface area contributed by atoms with E-state index in [0.29, 0.717) is 16.3 Å². The topological polar surface area (TPSA) is 55.6 Å². The van der Waals surface area contributed by atoms with Gasteiger partial charge in [0, 0.05) is 23.2 Å². The van der Waals surface area contributed by atoms with E-state index < -0.39 is 0 Å². The lowest BCUT2D eigenvalue weighted by atomic mass is 9.79. The van der Waals surface area contributed by atoms with Crippen LogP contribution in [-0.2, 0) is 10.8 Å². The van der Waals surface area contributed by atoms with E-state index in [0.717, 1.165) is 40.3 Å². The first-order valence-electron chi connectivity index (χ1n) is 13.6. The molecule has 2 aromatic heterocycles. The van der Waals surface area contributed by atoms with E-state index in [1.807, 2.05) is 0 Å². The van der Waals surface area contributed by atoms with Crippen molar-refractivity contribution >= 4 is 33.2 Å². The van der Waals surface area contributed by atoms with Crippen molar-refractivity contribution in [3.8, 4) is 22.0 Å². The molecule has 8 heteroatoms. The van der Waals surface area contributed by atoms with Gasteiger partial charge in [-0.25, -0.2) is 13.8 Å². The van der Waals surface area contributed by atoms with Crippen LogP contribution in [0.3, 0.4) is 0 Å². The van der Waals surface area contributed by atoms with Gasteiger partial charge in [0.2, 0.25) is 5.13 Å². The number of hydrogen-bond acceptors (Lipinski definition) is 5. The zero-order valence-corrected chi connectivity index (χ0v) is 24.5. The molecule has 0 atom stereocenters. The zero-order chi connectivity index (χ0) is 28.4. The van der Waals surface area contributed by atoms with Crippen molar-refractivity contribution < 1.29 is 8.78 Å². The maximum Gasteiger partial charge on any atom is 0.210 e. The van der Waals surface area contributed by atoms with E-state index in [-0.39, 0.29) is 28.5 Å². The third-order valence-electron chi connectivity index (χ3n) is 7.37. The molecule has 0 unspecified atom stereocenters. The summed E-state index contributed by atoms with van der Waals surface area (Å²) < 4.78 is 31.1. The van der Waals surface area contributed by atoms with Crippen LogP contribution in [0.4, 0.5) is 19.6 Å². The molecule has 6 rings (SSSR count). The second kappa shape index (κ2) is 9.47. The van der Waals surface area contributed by atoms with Gasteiger partial charge >= 0.3 is 0 Å². The second-order valence-corrected chi connectivity index (χ2v) is 13.7. The predicted molar refractivity (Wildman–Crippen MR) is 159 cm³/mol. The van der Waals surface area contributed by atoms with Gasteiger partial charge in [0.1, 0.15) is 22.5 Å². The monoisotopic (exact) mass is 557 g/mol. The molecule has 3 aromatic carbocycles. The Labute approximate surface area is 237 Å². The van der Waals surface area contributed by atoms with Gasteiger partial charge in [-0.15, -0.1) is 10.2 Å². The average Bonchev–Trinajstić information content (AvgIpc) is 3.50. The Bertz CT molecular complexity index is 1690. The fraction of sp³-hybridized carbons (Fsp3) is 0.344. The second-order valence-electron chi connectivity index (χ2n) is 12.7. The molecule has 0 bridgehead atoms. The maximum absolute atomic E-state index is 15.4. The number of anilines is 2. The summed E-state index contributed by atoms with van der Waals surface area (Å²) >= 11 is 1.39. The summed E-state index contributed by atoms with van der Waals surface area (Å²) in [5.74, 6) is 0.0358. The summed E-state index contributed by atoms with van der Waals surface area (Å²) in [6.07, 6.45) is 2.03. The van der Waals surface area contributed by atoms with Gasteiger partial charge in [0.25, 0.3) is 0 Å². The van der Waals surface area contributed by atoms with Crippen molar-refractivity contribution in [3.63, 3.8) is 0 Å². The van der Waals surface area contributed by atoms with E-state index in [4.69, 9.17) is 4.98 Å². The number of benzene rings is 3. The minimum absolute atomic E-state index is 0.0169. The molecule has 1 aliphatic rings. The highest BCUT2D eigenvalue weighted by Gasteiger charge is 2.29. The molecule has 0 saturated heterocycles. The van der Waals surface area contributed by atoms with E-state index in [1.165, 1.54) is 40.7 Å². The number of rotatable bonds is 5. The van der Waals surface area contributed by atoms with E-state index >= 15 is 4.39 Å². The number of fused-ring (bicyclic) bond motifs is 1. The molecular weight excluding hydrogens is 524 g/mol. The van der Waals surface area contributed by atoms with E-state index in [2.05, 4.69) is 79.8 Å². The highest BCUT2D eigenvalue weighted by Crippen LogP contribution is 2.42. The summed E-state index contributed by atoms with van der Waals surface area (Å²) in [6, 6.07) is 16.4. The Morgan fingerprint density at radius 2 is 1.48 bits per heavy atom. The van der Waals surface area contributed by atoms with Crippen molar-refractivity contribution in [3.05, 3.63) is 77.4 Å². The normalized spacial score (nSPS) is 14.2. The first-order valence-corrected chi connectivity index (χ1v) is 14.4. The largest absolute Gasteiger partial charge is 0.328 e. The average molecular weight is 558 g/mol. The quantitative estimate of drug-likeness (QED) is 0.234. The highest BCUT2D eigenvalue weighted by atomic mass is 32.1. The lowest BCUT2D eigenvalue weighted by Gasteiger charge is -2.25. The third kappa shape index (κ3) is 5.12. The van der Waals surface area contributed by atoms with Gasteiger partial charge in [-0.2, -0.15) is 0 Å². The smallest absolute Gasteiger partial charge is 0.210 e. The molecule has 1 N–H and O–H groups in total. The van der Waals surface area contributed by atoms with Gasteiger partial charge in [-0.05, 0) is 77.3 Å². The Morgan fingerprint density at radius 3 is 2.08 bits per heavy atom. The minimum atomic E-state index is -0.388. The van der Waals surface area contributed by atoms with Crippen molar-refractivity contribution in [2.45, 2.75) is 71.3 Å². The van der Waals surface area contributed by atoms with Crippen molar-refractivity contribution in [2.75, 3.05) is 5.32 Å². The van der Waals surface area contributed by atoms with Crippen LogP contribution < -0.4 is 5.32 Å². The van der Waals surface area contributed by atoms with Gasteiger partial charge in [0.05, 0.1) is 16.7 Å². The van der Waals surface area contributed by atoms with Crippen LogP contribution in [0, 0.1) is 11.6 Å². The number of imidazole rings is 1. The van der Waals surface area contributed by atoms with Crippen LogP contribution >= 0.6 is 11.3 Å². The Kier molecular flexibility index (Phi) is 6.29. The Morgan fingerprint density at radius 1 is 0.825 bits per heavy atom. The molecule has 0 spiro atoms. The van der Waals surface area contributed by atoms with Crippen LogP contribution in [0.15, 0.2) is 54.6 Å². The number of aromatic nitrogens is 4. The lowest BCUT2D eigenvalue weighted by molar-refractivity contribution is 0.569. The summed E-state index contributed by atoms with van der Waals surface area (Å²) in [5.41, 5.74) is 5.95. The highest BCUT2D eigenvalue weighted by molar-refractivity contribution is 7.18. The van der Waals surface area contributed by atoms with Crippen LogP contribution in [0.1, 0.15) is 71.6 Å². The molecule has 1 aliphatic carbocycles. The minimum Gasteiger partial charge on any atom is -0.328 e. The first kappa shape index (κ1) is 26.6. The Hall–Kier alpha value is -3.65. The van der Waals surface area contributed by atoms with Crippen LogP contribution in [0.2, 0.25) is 0 Å². The van der Waals surface area contributed by atoms with Gasteiger partial charge < -0.3 is 9.88 Å². The molecule has 1 fully saturated rings. The van der Waals surface area contributed by atoms with Crippen LogP contribution in [0.25, 0.3) is 33.0 Å². The van der Waals surface area contributed by atoms with E-state index in [1.54, 1.807) is 18.2 Å². The lowest BCUT2D eigenvalue weighted by Crippen LogP contribution is -2.16. The zero-order valence-electron chi connectivity index (χ0n) is 23.6. The number of nitrogens with zero attached hydrogens (tertiary/aromatic N) is 4. The Balaban J connectivity index is 1.35. The maximum atomic E-state index is 15.4. The molecule has 0 aliphatic heterocycles. The summed E-state index contributed by atoms with van der Waals surface area (Å²) in [7, 11) is 0. The summed E-state index contributed by atoms with van der Waals surface area (Å²) in [5, 5.41) is 13.2. The molecule has 5 nitrogen and oxygen atoms in total. The predicted octanol–water partition coefficient (Wildman–Crippen LogP) is 9.17. The van der Waals surface area contributed by atoms with Crippen LogP contribution in [-0.4, -0.2) is 19.7 Å². The van der Waals surface area contributed by atoms with Gasteiger partial charge in [-0.3, -0.25) is 0 Å². The number of halogens is 2. The van der Waals surface area contributed by atoms with Gasteiger partial charge in [-0.1, -0.05) is 58.9 Å². The molecule has 2 heterocycles. The molecule has 1 saturated carbocycles. The molecule has 40 heavy (non-hydrogen) atoms. The summed E-state index contributed by atoms with van der Waals surface area (Å²) in [6.45, 7) is 13.2. The van der Waals surface area contributed by atoms with Crippen LogP contribution in [0.5, 0.6) is 0 Å². The third-order valence-corrected chi connectivity index (χ3v) is 8.26. The number of nitrogens with one attached hydrogen (secondary N) is 1. The molecule has 0 radical (unpaired) electrons. The van der Waals surface area contributed by atoms with Crippen molar-refractivity contribution in [2.24, 2.45) is 0 Å². The fourth-order valence-electron chi connectivity index (χ4n) is 4.84. The fourth-order valence-corrected chi connectivity index (χ4v) is 5.58. The summed E-state index contributed by atoms with van der Waals surface area (Å²) in [4.78, 5) is 4.84. The first-order chi connectivity index (χ1) is 18.9.